The molecule has 7 nitrogen and oxygen atoms in total. The summed E-state index contributed by atoms with van der Waals surface area (Å²) in [4.78, 5) is 10.1. The Morgan fingerprint density at radius 2 is 2.00 bits per heavy atom. The molecule has 0 saturated heterocycles. The maximum absolute atomic E-state index is 12.1. The molecule has 0 spiro atoms. The van der Waals surface area contributed by atoms with Crippen LogP contribution in [0.2, 0.25) is 0 Å². The maximum atomic E-state index is 12.1. The molecule has 106 valence electrons. The van der Waals surface area contributed by atoms with Crippen LogP contribution in [-0.4, -0.2) is 26.9 Å². The van der Waals surface area contributed by atoms with E-state index in [1.807, 2.05) is 13.8 Å². The van der Waals surface area contributed by atoms with Crippen LogP contribution in [0.3, 0.4) is 0 Å². The van der Waals surface area contributed by atoms with E-state index >= 15 is 0 Å². The van der Waals surface area contributed by atoms with Gasteiger partial charge in [0.2, 0.25) is 10.0 Å². The highest BCUT2D eigenvalue weighted by Gasteiger charge is 2.20. The van der Waals surface area contributed by atoms with Crippen LogP contribution in [0.5, 0.6) is 0 Å². The summed E-state index contributed by atoms with van der Waals surface area (Å²) in [7, 11) is -2.16. The molecule has 1 rings (SSSR count). The van der Waals surface area contributed by atoms with E-state index in [1.54, 1.807) is 0 Å². The van der Waals surface area contributed by atoms with Crippen LogP contribution in [0, 0.1) is 16.0 Å². The maximum Gasteiger partial charge on any atom is 0.271 e. The van der Waals surface area contributed by atoms with Gasteiger partial charge in [-0.3, -0.25) is 10.1 Å². The van der Waals surface area contributed by atoms with E-state index < -0.39 is 14.9 Å². The molecule has 0 aliphatic heterocycles. The molecular formula is C11H17N3O4S. The highest BCUT2D eigenvalue weighted by Crippen LogP contribution is 2.25. The van der Waals surface area contributed by atoms with Crippen molar-refractivity contribution in [1.29, 1.82) is 0 Å². The first-order valence-corrected chi connectivity index (χ1v) is 7.22. The summed E-state index contributed by atoms with van der Waals surface area (Å²) >= 11 is 0. The first-order valence-electron chi connectivity index (χ1n) is 5.73. The second-order valence-corrected chi connectivity index (χ2v) is 6.17. The average Bonchev–Trinajstić information content (AvgIpc) is 2.35. The number of hydrogen-bond acceptors (Lipinski definition) is 5. The normalized spacial score (nSPS) is 11.6. The number of nitrogens with one attached hydrogen (secondary N) is 2. The lowest BCUT2D eigenvalue weighted by Crippen LogP contribution is -2.28. The third-order valence-corrected chi connectivity index (χ3v) is 3.90. The quantitative estimate of drug-likeness (QED) is 0.611. The number of nitrogens with zero attached hydrogens (tertiary/aromatic N) is 1. The predicted octanol–water partition coefficient (Wildman–Crippen LogP) is 1.57. The van der Waals surface area contributed by atoms with Gasteiger partial charge in [-0.15, -0.1) is 0 Å². The predicted molar refractivity (Wildman–Crippen MR) is 72.7 cm³/mol. The number of nitro benzene ring substituents is 1. The van der Waals surface area contributed by atoms with Gasteiger partial charge >= 0.3 is 0 Å². The largest absolute Gasteiger partial charge is 0.387 e. The van der Waals surface area contributed by atoms with Crippen molar-refractivity contribution in [2.45, 2.75) is 18.7 Å². The number of sulfonamides is 1. The van der Waals surface area contributed by atoms with Crippen LogP contribution in [-0.2, 0) is 10.0 Å². The molecule has 0 aliphatic carbocycles. The van der Waals surface area contributed by atoms with Crippen LogP contribution >= 0.6 is 0 Å². The van der Waals surface area contributed by atoms with E-state index in [0.717, 1.165) is 0 Å². The molecule has 0 unspecified atom stereocenters. The number of benzene rings is 1. The minimum Gasteiger partial charge on any atom is -0.387 e. The van der Waals surface area contributed by atoms with Gasteiger partial charge in [-0.2, -0.15) is 0 Å². The highest BCUT2D eigenvalue weighted by molar-refractivity contribution is 7.89. The Morgan fingerprint density at radius 1 is 1.37 bits per heavy atom. The summed E-state index contributed by atoms with van der Waals surface area (Å²) in [6.45, 7) is 4.08. The Bertz CT molecular complexity index is 569. The monoisotopic (exact) mass is 287 g/mol. The summed E-state index contributed by atoms with van der Waals surface area (Å²) in [5.41, 5.74) is 0.0395. The molecule has 8 heteroatoms. The zero-order valence-corrected chi connectivity index (χ0v) is 11.8. The number of nitro groups is 1. The second kappa shape index (κ2) is 5.98. The second-order valence-electron chi connectivity index (χ2n) is 4.43. The van der Waals surface area contributed by atoms with Crippen LogP contribution in [0.1, 0.15) is 13.8 Å². The molecule has 0 aliphatic rings. The Labute approximate surface area is 112 Å². The zero-order valence-electron chi connectivity index (χ0n) is 11.0. The molecular weight excluding hydrogens is 270 g/mol. The van der Waals surface area contributed by atoms with Gasteiger partial charge in [-0.1, -0.05) is 13.8 Å². The number of rotatable bonds is 6. The first kappa shape index (κ1) is 15.4. The van der Waals surface area contributed by atoms with Gasteiger partial charge in [0.1, 0.15) is 4.90 Å². The lowest BCUT2D eigenvalue weighted by Gasteiger charge is -2.12. The van der Waals surface area contributed by atoms with Crippen molar-refractivity contribution in [3.05, 3.63) is 28.3 Å². The third kappa shape index (κ3) is 3.90. The molecule has 1 aromatic carbocycles. The first-order chi connectivity index (χ1) is 8.77. The fraction of sp³-hybridized carbons (Fsp3) is 0.455. The topological polar surface area (TPSA) is 101 Å². The van der Waals surface area contributed by atoms with E-state index in [9.17, 15) is 18.5 Å². The lowest BCUT2D eigenvalue weighted by molar-refractivity contribution is -0.384. The van der Waals surface area contributed by atoms with Gasteiger partial charge < -0.3 is 5.32 Å². The Morgan fingerprint density at radius 3 is 2.47 bits per heavy atom. The number of non-ortho nitro benzene ring substituents is 1. The molecule has 0 saturated carbocycles. The van der Waals surface area contributed by atoms with E-state index in [-0.39, 0.29) is 22.2 Å². The summed E-state index contributed by atoms with van der Waals surface area (Å²) in [5.74, 6) is 0.172. The molecule has 1 aromatic rings. The third-order valence-electron chi connectivity index (χ3n) is 2.41. The summed E-state index contributed by atoms with van der Waals surface area (Å²) in [6.07, 6.45) is 0. The molecule has 19 heavy (non-hydrogen) atoms. The SMILES string of the molecule is CNc1cc([N+](=O)[O-])ccc1S(=O)(=O)NCC(C)C. The minimum absolute atomic E-state index is 0.00116. The van der Waals surface area contributed by atoms with Crippen molar-refractivity contribution in [2.75, 3.05) is 18.9 Å². The lowest BCUT2D eigenvalue weighted by atomic mass is 10.2. The van der Waals surface area contributed by atoms with Crippen molar-refractivity contribution in [3.8, 4) is 0 Å². The summed E-state index contributed by atoms with van der Waals surface area (Å²) < 4.78 is 26.6. The van der Waals surface area contributed by atoms with Crippen molar-refractivity contribution >= 4 is 21.4 Å². The van der Waals surface area contributed by atoms with Gasteiger partial charge in [-0.05, 0) is 12.0 Å². The van der Waals surface area contributed by atoms with E-state index in [0.29, 0.717) is 6.54 Å². The smallest absolute Gasteiger partial charge is 0.271 e. The molecule has 0 heterocycles. The van der Waals surface area contributed by atoms with Crippen LogP contribution in [0.4, 0.5) is 11.4 Å². The fourth-order valence-corrected chi connectivity index (χ4v) is 2.82. The average molecular weight is 287 g/mol. The minimum atomic E-state index is -3.68. The highest BCUT2D eigenvalue weighted by atomic mass is 32.2. The fourth-order valence-electron chi connectivity index (χ4n) is 1.42. The molecule has 0 amide bonds. The Balaban J connectivity index is 3.16. The Kier molecular flexibility index (Phi) is 4.84. The van der Waals surface area contributed by atoms with Crippen molar-refractivity contribution < 1.29 is 13.3 Å². The Hall–Kier alpha value is -1.67. The van der Waals surface area contributed by atoms with Gasteiger partial charge in [0, 0.05) is 25.7 Å². The molecule has 0 atom stereocenters. The molecule has 0 radical (unpaired) electrons. The van der Waals surface area contributed by atoms with Crippen LogP contribution < -0.4 is 10.0 Å². The summed E-state index contributed by atoms with van der Waals surface area (Å²) in [6, 6.07) is 3.60. The van der Waals surface area contributed by atoms with E-state index in [2.05, 4.69) is 10.0 Å². The zero-order chi connectivity index (χ0) is 14.6. The van der Waals surface area contributed by atoms with E-state index in [1.165, 1.54) is 25.2 Å². The number of anilines is 1. The molecule has 0 fully saturated rings. The van der Waals surface area contributed by atoms with Gasteiger partial charge in [0.15, 0.2) is 0 Å². The van der Waals surface area contributed by atoms with E-state index in [4.69, 9.17) is 0 Å². The standard InChI is InChI=1S/C11H17N3O4S/c1-8(2)7-13-19(17,18)11-5-4-9(14(15)16)6-10(11)12-3/h4-6,8,12-13H,7H2,1-3H3. The number of hydrogen-bond donors (Lipinski definition) is 2. The van der Waals surface area contributed by atoms with Crippen LogP contribution in [0.15, 0.2) is 23.1 Å². The van der Waals surface area contributed by atoms with Crippen molar-refractivity contribution in [2.24, 2.45) is 5.92 Å². The van der Waals surface area contributed by atoms with Crippen LogP contribution in [0.25, 0.3) is 0 Å². The van der Waals surface area contributed by atoms with Crippen molar-refractivity contribution in [3.63, 3.8) is 0 Å². The van der Waals surface area contributed by atoms with Gasteiger partial charge in [-0.25, -0.2) is 13.1 Å². The van der Waals surface area contributed by atoms with Gasteiger partial charge in [0.25, 0.3) is 5.69 Å². The summed E-state index contributed by atoms with van der Waals surface area (Å²) in [5, 5.41) is 13.3. The molecule has 2 N–H and O–H groups in total. The molecule has 0 bridgehead atoms. The van der Waals surface area contributed by atoms with Gasteiger partial charge in [0.05, 0.1) is 10.6 Å². The molecule has 0 aromatic heterocycles. The van der Waals surface area contributed by atoms with Crippen molar-refractivity contribution in [1.82, 2.24) is 4.72 Å².